The van der Waals surface area contributed by atoms with Gasteiger partial charge in [-0.15, -0.1) is 0 Å². The monoisotopic (exact) mass is 285 g/mol. The van der Waals surface area contributed by atoms with E-state index in [4.69, 9.17) is 5.73 Å². The summed E-state index contributed by atoms with van der Waals surface area (Å²) >= 11 is 0. The first kappa shape index (κ1) is 19.4. The van der Waals surface area contributed by atoms with E-state index in [9.17, 15) is 4.79 Å². The molecule has 0 aromatic carbocycles. The summed E-state index contributed by atoms with van der Waals surface area (Å²) in [5, 5.41) is 0. The van der Waals surface area contributed by atoms with Gasteiger partial charge >= 0.3 is 0 Å². The van der Waals surface area contributed by atoms with Crippen molar-refractivity contribution in [1.29, 1.82) is 0 Å². The lowest BCUT2D eigenvalue weighted by atomic mass is 9.99. The van der Waals surface area contributed by atoms with Crippen LogP contribution >= 0.6 is 0 Å². The van der Waals surface area contributed by atoms with E-state index in [0.717, 1.165) is 39.1 Å². The van der Waals surface area contributed by atoms with Gasteiger partial charge in [0.1, 0.15) is 0 Å². The van der Waals surface area contributed by atoms with Crippen LogP contribution in [0, 0.1) is 5.92 Å². The van der Waals surface area contributed by atoms with Crippen LogP contribution in [0.5, 0.6) is 0 Å². The van der Waals surface area contributed by atoms with Gasteiger partial charge in [-0.1, -0.05) is 27.7 Å². The average molecular weight is 285 g/mol. The lowest BCUT2D eigenvalue weighted by Gasteiger charge is -2.29. The van der Waals surface area contributed by atoms with Crippen LogP contribution in [0.25, 0.3) is 0 Å². The minimum Gasteiger partial charge on any atom is -0.341 e. The zero-order chi connectivity index (χ0) is 15.8. The summed E-state index contributed by atoms with van der Waals surface area (Å²) in [7, 11) is 0. The Morgan fingerprint density at radius 3 is 2.10 bits per heavy atom. The molecule has 0 rings (SSSR count). The van der Waals surface area contributed by atoms with Crippen LogP contribution in [0.1, 0.15) is 54.4 Å². The number of carbonyl (C=O) groups is 1. The molecule has 0 saturated carbocycles. The van der Waals surface area contributed by atoms with Crippen molar-refractivity contribution in [3.8, 4) is 0 Å². The summed E-state index contributed by atoms with van der Waals surface area (Å²) < 4.78 is 0. The summed E-state index contributed by atoms with van der Waals surface area (Å²) in [6.07, 6.45) is 1.29. The zero-order valence-corrected chi connectivity index (χ0v) is 14.4. The number of hydrogen-bond donors (Lipinski definition) is 1. The number of rotatable bonds is 10. The summed E-state index contributed by atoms with van der Waals surface area (Å²) in [5.74, 6) is 0.742. The largest absolute Gasteiger partial charge is 0.341 e. The minimum atomic E-state index is -0.266. The van der Waals surface area contributed by atoms with E-state index in [2.05, 4.69) is 32.6 Å². The standard InChI is InChI=1S/C16H35N3O/c1-7-18(8-2)11-12-19(13-14(3)4)15(20)9-10-16(5,6)17/h14H,7-13,17H2,1-6H3. The van der Waals surface area contributed by atoms with E-state index >= 15 is 0 Å². The lowest BCUT2D eigenvalue weighted by Crippen LogP contribution is -2.42. The molecular weight excluding hydrogens is 250 g/mol. The summed E-state index contributed by atoms with van der Waals surface area (Å²) in [5.41, 5.74) is 5.71. The van der Waals surface area contributed by atoms with E-state index in [1.807, 2.05) is 18.7 Å². The van der Waals surface area contributed by atoms with E-state index < -0.39 is 0 Å². The van der Waals surface area contributed by atoms with Gasteiger partial charge in [0, 0.05) is 31.6 Å². The molecule has 0 bridgehead atoms. The molecule has 120 valence electrons. The third-order valence-corrected chi connectivity index (χ3v) is 3.50. The number of carbonyl (C=O) groups excluding carboxylic acids is 1. The van der Waals surface area contributed by atoms with Crippen LogP contribution in [0.3, 0.4) is 0 Å². The minimum absolute atomic E-state index is 0.240. The molecule has 0 aromatic heterocycles. The van der Waals surface area contributed by atoms with Crippen molar-refractivity contribution in [3.63, 3.8) is 0 Å². The third kappa shape index (κ3) is 9.32. The second-order valence-corrected chi connectivity index (χ2v) is 6.75. The fourth-order valence-corrected chi connectivity index (χ4v) is 2.15. The molecule has 0 radical (unpaired) electrons. The quantitative estimate of drug-likeness (QED) is 0.670. The van der Waals surface area contributed by atoms with E-state index in [1.165, 1.54) is 0 Å². The average Bonchev–Trinajstić information content (AvgIpc) is 2.34. The van der Waals surface area contributed by atoms with Gasteiger partial charge in [-0.3, -0.25) is 4.79 Å². The SMILES string of the molecule is CCN(CC)CCN(CC(C)C)C(=O)CCC(C)(C)N. The Morgan fingerprint density at radius 2 is 1.70 bits per heavy atom. The Hall–Kier alpha value is -0.610. The molecule has 0 heterocycles. The van der Waals surface area contributed by atoms with E-state index in [0.29, 0.717) is 12.3 Å². The Morgan fingerprint density at radius 1 is 1.15 bits per heavy atom. The van der Waals surface area contributed by atoms with Crippen molar-refractivity contribution in [1.82, 2.24) is 9.80 Å². The van der Waals surface area contributed by atoms with Gasteiger partial charge in [0.25, 0.3) is 0 Å². The highest BCUT2D eigenvalue weighted by atomic mass is 16.2. The van der Waals surface area contributed by atoms with Crippen LogP contribution in [-0.4, -0.2) is 54.0 Å². The molecule has 4 heteroatoms. The maximum absolute atomic E-state index is 12.4. The topological polar surface area (TPSA) is 49.6 Å². The van der Waals surface area contributed by atoms with Crippen LogP contribution in [-0.2, 0) is 4.79 Å². The lowest BCUT2D eigenvalue weighted by molar-refractivity contribution is -0.132. The normalized spacial score (nSPS) is 12.2. The fourth-order valence-electron chi connectivity index (χ4n) is 2.15. The number of nitrogens with zero attached hydrogens (tertiary/aromatic N) is 2. The smallest absolute Gasteiger partial charge is 0.222 e. The first-order valence-corrected chi connectivity index (χ1v) is 7.98. The molecule has 0 atom stereocenters. The number of likely N-dealkylation sites (N-methyl/N-ethyl adjacent to an activating group) is 1. The van der Waals surface area contributed by atoms with E-state index in [-0.39, 0.29) is 11.4 Å². The fraction of sp³-hybridized carbons (Fsp3) is 0.938. The molecule has 0 spiro atoms. The molecule has 2 N–H and O–H groups in total. The molecule has 0 unspecified atom stereocenters. The predicted octanol–water partition coefficient (Wildman–Crippen LogP) is 2.33. The highest BCUT2D eigenvalue weighted by molar-refractivity contribution is 5.76. The first-order valence-electron chi connectivity index (χ1n) is 7.98. The van der Waals surface area contributed by atoms with Crippen LogP contribution < -0.4 is 5.73 Å². The van der Waals surface area contributed by atoms with Gasteiger partial charge in [-0.2, -0.15) is 0 Å². The van der Waals surface area contributed by atoms with Crippen molar-refractivity contribution < 1.29 is 4.79 Å². The molecule has 20 heavy (non-hydrogen) atoms. The Bertz CT molecular complexity index is 267. The molecule has 0 aliphatic carbocycles. The summed E-state index contributed by atoms with van der Waals surface area (Å²) in [6, 6.07) is 0. The molecule has 0 aliphatic heterocycles. The maximum Gasteiger partial charge on any atom is 0.222 e. The summed E-state index contributed by atoms with van der Waals surface area (Å²) in [4.78, 5) is 16.7. The van der Waals surface area contributed by atoms with Crippen molar-refractivity contribution in [2.75, 3.05) is 32.7 Å². The number of amides is 1. The van der Waals surface area contributed by atoms with Gasteiger partial charge in [0.15, 0.2) is 0 Å². The third-order valence-electron chi connectivity index (χ3n) is 3.50. The Labute approximate surface area is 125 Å². The highest BCUT2D eigenvalue weighted by Gasteiger charge is 2.19. The van der Waals surface area contributed by atoms with Crippen molar-refractivity contribution in [2.45, 2.75) is 59.9 Å². The molecule has 0 aliphatic rings. The van der Waals surface area contributed by atoms with Crippen molar-refractivity contribution in [2.24, 2.45) is 11.7 Å². The molecule has 0 saturated heterocycles. The molecule has 0 aromatic rings. The van der Waals surface area contributed by atoms with Gasteiger partial charge < -0.3 is 15.5 Å². The second-order valence-electron chi connectivity index (χ2n) is 6.75. The van der Waals surface area contributed by atoms with Crippen molar-refractivity contribution >= 4 is 5.91 Å². The number of hydrogen-bond acceptors (Lipinski definition) is 3. The van der Waals surface area contributed by atoms with E-state index in [1.54, 1.807) is 0 Å². The summed E-state index contributed by atoms with van der Waals surface area (Å²) in [6.45, 7) is 17.3. The maximum atomic E-state index is 12.4. The van der Waals surface area contributed by atoms with Gasteiger partial charge in [-0.05, 0) is 39.3 Å². The molecule has 4 nitrogen and oxygen atoms in total. The second kappa shape index (κ2) is 9.35. The first-order chi connectivity index (χ1) is 9.19. The number of nitrogens with two attached hydrogens (primary N) is 1. The Balaban J connectivity index is 4.42. The molecule has 0 fully saturated rings. The van der Waals surface area contributed by atoms with Crippen molar-refractivity contribution in [3.05, 3.63) is 0 Å². The van der Waals surface area contributed by atoms with Crippen LogP contribution in [0.2, 0.25) is 0 Å². The van der Waals surface area contributed by atoms with Crippen LogP contribution in [0.15, 0.2) is 0 Å². The van der Waals surface area contributed by atoms with Gasteiger partial charge in [0.2, 0.25) is 5.91 Å². The predicted molar refractivity (Wildman–Crippen MR) is 86.7 cm³/mol. The zero-order valence-electron chi connectivity index (χ0n) is 14.4. The van der Waals surface area contributed by atoms with Gasteiger partial charge in [0.05, 0.1) is 0 Å². The molecule has 1 amide bonds. The van der Waals surface area contributed by atoms with Gasteiger partial charge in [-0.25, -0.2) is 0 Å². The van der Waals surface area contributed by atoms with Crippen LogP contribution in [0.4, 0.5) is 0 Å². The Kier molecular flexibility index (Phi) is 9.06. The molecular formula is C16H35N3O. The highest BCUT2D eigenvalue weighted by Crippen LogP contribution is 2.10.